The predicted molar refractivity (Wildman–Crippen MR) is 52.9 cm³/mol. The average molecular weight is 186 g/mol. The van der Waals surface area contributed by atoms with Gasteiger partial charge >= 0.3 is 0 Å². The van der Waals surface area contributed by atoms with Crippen molar-refractivity contribution in [1.29, 1.82) is 0 Å². The smallest absolute Gasteiger partial charge is 0.165 e. The van der Waals surface area contributed by atoms with Crippen molar-refractivity contribution in [2.45, 2.75) is 0 Å². The molecule has 2 aromatic rings. The van der Waals surface area contributed by atoms with Gasteiger partial charge in [-0.3, -0.25) is 0 Å². The molecule has 0 aliphatic heterocycles. The maximum atomic E-state index is 5.64. The van der Waals surface area contributed by atoms with E-state index in [4.69, 9.17) is 11.5 Å². The van der Waals surface area contributed by atoms with E-state index in [-0.39, 0.29) is 0 Å². The molecular weight excluding hydrogens is 178 g/mol. The topological polar surface area (TPSA) is 90.7 Å². The van der Waals surface area contributed by atoms with Crippen LogP contribution >= 0.6 is 0 Å². The van der Waals surface area contributed by atoms with Gasteiger partial charge in [0.2, 0.25) is 0 Å². The van der Waals surface area contributed by atoms with Gasteiger partial charge in [-0.1, -0.05) is 0 Å². The van der Waals surface area contributed by atoms with Gasteiger partial charge in [0, 0.05) is 6.20 Å². The molecule has 0 aromatic carbocycles. The molecule has 14 heavy (non-hydrogen) atoms. The van der Waals surface area contributed by atoms with Crippen molar-refractivity contribution in [3.05, 3.63) is 30.6 Å². The number of hydrogen-bond acceptors (Lipinski definition) is 5. The Hall–Kier alpha value is -2.17. The molecule has 5 heteroatoms. The van der Waals surface area contributed by atoms with Gasteiger partial charge in [-0.25, -0.2) is 15.0 Å². The van der Waals surface area contributed by atoms with Crippen LogP contribution in [0.5, 0.6) is 0 Å². The maximum absolute atomic E-state index is 5.64. The zero-order valence-corrected chi connectivity index (χ0v) is 7.31. The fourth-order valence-electron chi connectivity index (χ4n) is 1.06. The molecule has 4 N–H and O–H groups in total. The van der Waals surface area contributed by atoms with Crippen LogP contribution < -0.4 is 11.5 Å². The average Bonchev–Trinajstić information content (AvgIpc) is 2.18. The molecule has 0 saturated heterocycles. The highest BCUT2D eigenvalue weighted by atomic mass is 14.9. The van der Waals surface area contributed by atoms with E-state index in [1.54, 1.807) is 24.4 Å². The van der Waals surface area contributed by atoms with Gasteiger partial charge in [-0.2, -0.15) is 0 Å². The van der Waals surface area contributed by atoms with Crippen LogP contribution in [0.2, 0.25) is 0 Å². The van der Waals surface area contributed by atoms with Gasteiger partial charge in [0.05, 0.1) is 11.8 Å². The molecule has 69 valence electrons. The minimum absolute atomic E-state index is 0.345. The van der Waals surface area contributed by atoms with E-state index in [0.29, 0.717) is 23.0 Å². The number of nitrogens with two attached hydrogens (primary N) is 2. The Bertz CT molecular complexity index is 454. The standard InChI is InChI=1S/C9H8N5/c10-7-3-5-13-9(14-7)6-2-1-4-12-8(6)11/h1-3,5H,(H2,11,12)(H2,10,13,14). The third kappa shape index (κ3) is 1.47. The van der Waals surface area contributed by atoms with Gasteiger partial charge in [0.15, 0.2) is 5.82 Å². The Labute approximate surface area is 80.8 Å². The highest BCUT2D eigenvalue weighted by Gasteiger charge is 2.05. The Kier molecular flexibility index (Phi) is 1.98. The molecule has 0 atom stereocenters. The van der Waals surface area contributed by atoms with Crippen LogP contribution in [0.15, 0.2) is 24.4 Å². The second-order valence-corrected chi connectivity index (χ2v) is 2.68. The molecule has 0 saturated carbocycles. The summed E-state index contributed by atoms with van der Waals surface area (Å²) in [6.45, 7) is 0. The van der Waals surface area contributed by atoms with Crippen LogP contribution in [0, 0.1) is 6.20 Å². The second-order valence-electron chi connectivity index (χ2n) is 2.68. The van der Waals surface area contributed by atoms with Gasteiger partial charge in [-0.15, -0.1) is 0 Å². The van der Waals surface area contributed by atoms with Crippen molar-refractivity contribution in [1.82, 2.24) is 15.0 Å². The van der Waals surface area contributed by atoms with Crippen LogP contribution in [0.4, 0.5) is 11.6 Å². The first-order valence-corrected chi connectivity index (χ1v) is 3.99. The van der Waals surface area contributed by atoms with Crippen LogP contribution in [-0.2, 0) is 0 Å². The van der Waals surface area contributed by atoms with Crippen molar-refractivity contribution in [3.63, 3.8) is 0 Å². The van der Waals surface area contributed by atoms with Crippen molar-refractivity contribution in [2.24, 2.45) is 0 Å². The van der Waals surface area contributed by atoms with Crippen LogP contribution in [0.25, 0.3) is 11.4 Å². The fourth-order valence-corrected chi connectivity index (χ4v) is 1.06. The first-order chi connectivity index (χ1) is 6.77. The van der Waals surface area contributed by atoms with E-state index in [9.17, 15) is 0 Å². The maximum Gasteiger partial charge on any atom is 0.165 e. The predicted octanol–water partition coefficient (Wildman–Crippen LogP) is 0.503. The minimum Gasteiger partial charge on any atom is -0.384 e. The van der Waals surface area contributed by atoms with Crippen molar-refractivity contribution in [3.8, 4) is 11.4 Å². The molecule has 2 aromatic heterocycles. The van der Waals surface area contributed by atoms with Gasteiger partial charge < -0.3 is 11.5 Å². The molecule has 2 rings (SSSR count). The Morgan fingerprint density at radius 3 is 2.79 bits per heavy atom. The number of pyridine rings is 1. The lowest BCUT2D eigenvalue weighted by atomic mass is 10.2. The molecule has 0 amide bonds. The summed E-state index contributed by atoms with van der Waals surface area (Å²) in [5.74, 6) is 1.23. The normalized spacial score (nSPS) is 10.0. The summed E-state index contributed by atoms with van der Waals surface area (Å²) in [6, 6.07) is 5.01. The van der Waals surface area contributed by atoms with E-state index in [2.05, 4.69) is 21.1 Å². The minimum atomic E-state index is 0.345. The van der Waals surface area contributed by atoms with E-state index >= 15 is 0 Å². The molecule has 1 radical (unpaired) electrons. The first-order valence-electron chi connectivity index (χ1n) is 3.99. The molecule has 5 nitrogen and oxygen atoms in total. The number of hydrogen-bond donors (Lipinski definition) is 2. The molecule has 0 unspecified atom stereocenters. The molecule has 0 bridgehead atoms. The lowest BCUT2D eigenvalue weighted by molar-refractivity contribution is 1.17. The zero-order valence-electron chi connectivity index (χ0n) is 7.31. The molecule has 0 aliphatic rings. The summed E-state index contributed by atoms with van der Waals surface area (Å²) in [4.78, 5) is 11.9. The number of rotatable bonds is 1. The van der Waals surface area contributed by atoms with Crippen LogP contribution in [0.1, 0.15) is 0 Å². The molecule has 2 heterocycles. The third-order valence-corrected chi connectivity index (χ3v) is 1.70. The van der Waals surface area contributed by atoms with E-state index in [0.717, 1.165) is 0 Å². The lowest BCUT2D eigenvalue weighted by Crippen LogP contribution is -1.98. The number of nitrogen functional groups attached to an aromatic ring is 2. The van der Waals surface area contributed by atoms with Crippen molar-refractivity contribution < 1.29 is 0 Å². The van der Waals surface area contributed by atoms with E-state index < -0.39 is 0 Å². The van der Waals surface area contributed by atoms with Crippen LogP contribution in [-0.4, -0.2) is 15.0 Å². The molecule has 0 spiro atoms. The third-order valence-electron chi connectivity index (χ3n) is 1.70. The van der Waals surface area contributed by atoms with Gasteiger partial charge in [0.25, 0.3) is 0 Å². The summed E-state index contributed by atoms with van der Waals surface area (Å²) < 4.78 is 0. The fraction of sp³-hybridized carbons (Fsp3) is 0. The Balaban J connectivity index is 2.55. The molecule has 0 aliphatic carbocycles. The number of anilines is 2. The summed E-state index contributed by atoms with van der Waals surface area (Å²) >= 11 is 0. The number of aromatic nitrogens is 3. The quantitative estimate of drug-likeness (QED) is 0.676. The van der Waals surface area contributed by atoms with Gasteiger partial charge in [0.1, 0.15) is 11.6 Å². The second kappa shape index (κ2) is 3.29. The lowest BCUT2D eigenvalue weighted by Gasteiger charge is -2.02. The summed E-state index contributed by atoms with van der Waals surface area (Å²) in [5, 5.41) is 0. The SMILES string of the molecule is Nc1ccnc(-c2cc[c]nc2N)n1. The molecular formula is C9H8N5. The highest BCUT2D eigenvalue weighted by Crippen LogP contribution is 2.19. The zero-order chi connectivity index (χ0) is 9.97. The monoisotopic (exact) mass is 186 g/mol. The van der Waals surface area contributed by atoms with Crippen LogP contribution in [0.3, 0.4) is 0 Å². The largest absolute Gasteiger partial charge is 0.384 e. The Morgan fingerprint density at radius 1 is 1.21 bits per heavy atom. The highest BCUT2D eigenvalue weighted by molar-refractivity contribution is 5.68. The summed E-state index contributed by atoms with van der Waals surface area (Å²) in [6.07, 6.45) is 4.20. The van der Waals surface area contributed by atoms with Gasteiger partial charge in [-0.05, 0) is 18.2 Å². The number of nitrogens with zero attached hydrogens (tertiary/aromatic N) is 3. The first kappa shape index (κ1) is 8.43. The van der Waals surface area contributed by atoms with Crippen molar-refractivity contribution in [2.75, 3.05) is 11.5 Å². The van der Waals surface area contributed by atoms with Crippen molar-refractivity contribution >= 4 is 11.6 Å². The molecule has 0 fully saturated rings. The Morgan fingerprint density at radius 2 is 2.07 bits per heavy atom. The summed E-state index contributed by atoms with van der Waals surface area (Å²) in [7, 11) is 0. The summed E-state index contributed by atoms with van der Waals surface area (Å²) in [5.41, 5.74) is 11.8. The van der Waals surface area contributed by atoms with E-state index in [1.807, 2.05) is 0 Å². The van der Waals surface area contributed by atoms with E-state index in [1.165, 1.54) is 0 Å².